The first-order valence-corrected chi connectivity index (χ1v) is 8.35. The third-order valence-electron chi connectivity index (χ3n) is 5.17. The summed E-state index contributed by atoms with van der Waals surface area (Å²) >= 11 is 0. The molecule has 0 radical (unpaired) electrons. The molecule has 0 bridgehead atoms. The highest BCUT2D eigenvalue weighted by Crippen LogP contribution is 2.45. The number of carbonyl (C=O) groups excluding carboxylic acids is 1. The molecule has 3 heterocycles. The van der Waals surface area contributed by atoms with Crippen LogP contribution in [0.5, 0.6) is 0 Å². The zero-order valence-electron chi connectivity index (χ0n) is 13.7. The van der Waals surface area contributed by atoms with Crippen LogP contribution in [0, 0.1) is 17.7 Å². The summed E-state index contributed by atoms with van der Waals surface area (Å²) in [5.74, 6) is 1.65. The minimum Gasteiger partial charge on any atom is -0.337 e. The molecule has 1 aliphatic carbocycles. The number of likely N-dealkylation sites (tertiary alicyclic amines) is 1. The number of aryl methyl sites for hydroxylation is 1. The van der Waals surface area contributed by atoms with E-state index in [1.807, 2.05) is 11.9 Å². The molecule has 1 amide bonds. The third-order valence-corrected chi connectivity index (χ3v) is 5.17. The number of halogens is 1. The van der Waals surface area contributed by atoms with E-state index in [9.17, 15) is 9.18 Å². The molecule has 0 spiro atoms. The van der Waals surface area contributed by atoms with Crippen molar-refractivity contribution in [3.63, 3.8) is 0 Å². The van der Waals surface area contributed by atoms with Gasteiger partial charge in [0.1, 0.15) is 17.3 Å². The molecule has 2 fully saturated rings. The lowest BCUT2D eigenvalue weighted by atomic mass is 10.2. The van der Waals surface area contributed by atoms with E-state index >= 15 is 0 Å². The summed E-state index contributed by atoms with van der Waals surface area (Å²) in [6.45, 7) is 1.66. The van der Waals surface area contributed by atoms with E-state index in [4.69, 9.17) is 0 Å². The van der Waals surface area contributed by atoms with Crippen molar-refractivity contribution in [3.05, 3.63) is 42.0 Å². The van der Waals surface area contributed by atoms with Crippen LogP contribution in [-0.2, 0) is 7.05 Å². The number of rotatable bonds is 2. The Balaban J connectivity index is 1.52. The summed E-state index contributed by atoms with van der Waals surface area (Å²) in [5.41, 5.74) is 2.15. The molecular formula is C18H16FN5O. The number of carbonyl (C=O) groups is 1. The third kappa shape index (κ3) is 2.30. The molecule has 2 aromatic heterocycles. The van der Waals surface area contributed by atoms with E-state index in [1.165, 1.54) is 24.8 Å². The van der Waals surface area contributed by atoms with Gasteiger partial charge in [-0.15, -0.1) is 0 Å². The molecular weight excluding hydrogens is 321 g/mol. The van der Waals surface area contributed by atoms with E-state index in [0.717, 1.165) is 18.7 Å². The molecule has 0 N–H and O–H groups in total. The highest BCUT2D eigenvalue weighted by Gasteiger charge is 2.46. The molecule has 7 heteroatoms. The molecule has 1 saturated heterocycles. The molecule has 1 aliphatic heterocycles. The van der Waals surface area contributed by atoms with Crippen molar-refractivity contribution in [2.45, 2.75) is 6.42 Å². The summed E-state index contributed by atoms with van der Waals surface area (Å²) in [5, 5.41) is 0. The van der Waals surface area contributed by atoms with Gasteiger partial charge in [0, 0.05) is 25.7 Å². The van der Waals surface area contributed by atoms with Gasteiger partial charge in [0.25, 0.3) is 5.91 Å². The predicted molar refractivity (Wildman–Crippen MR) is 89.2 cm³/mol. The second-order valence-electron chi connectivity index (χ2n) is 6.87. The van der Waals surface area contributed by atoms with Gasteiger partial charge >= 0.3 is 0 Å². The van der Waals surface area contributed by atoms with Gasteiger partial charge in [0.15, 0.2) is 11.3 Å². The maximum Gasteiger partial charge on any atom is 0.274 e. The maximum absolute atomic E-state index is 13.1. The Morgan fingerprint density at radius 3 is 2.60 bits per heavy atom. The van der Waals surface area contributed by atoms with Crippen LogP contribution in [0.4, 0.5) is 4.39 Å². The second kappa shape index (κ2) is 5.08. The minimum atomic E-state index is -0.296. The van der Waals surface area contributed by atoms with Crippen molar-refractivity contribution in [1.29, 1.82) is 0 Å². The zero-order valence-corrected chi connectivity index (χ0v) is 13.7. The summed E-state index contributed by atoms with van der Waals surface area (Å²) < 4.78 is 14.9. The van der Waals surface area contributed by atoms with Crippen molar-refractivity contribution in [2.75, 3.05) is 13.1 Å². The van der Waals surface area contributed by atoms with Gasteiger partial charge in [0.05, 0.1) is 6.20 Å². The number of fused-ring (bicyclic) bond motifs is 2. The van der Waals surface area contributed by atoms with Gasteiger partial charge in [-0.3, -0.25) is 4.79 Å². The molecule has 3 aromatic rings. The van der Waals surface area contributed by atoms with Crippen LogP contribution in [0.3, 0.4) is 0 Å². The number of hydrogen-bond donors (Lipinski definition) is 0. The smallest absolute Gasteiger partial charge is 0.274 e. The Morgan fingerprint density at radius 2 is 1.88 bits per heavy atom. The average molecular weight is 337 g/mol. The van der Waals surface area contributed by atoms with E-state index in [2.05, 4.69) is 15.0 Å². The molecule has 1 aromatic carbocycles. The standard InChI is InChI=1S/C18H16FN5O/c1-23-16(10-2-4-13(19)5-3-10)22-15-17(23)21-14(7-20-15)18(25)24-8-11-6-12(11)9-24/h2-5,7,11-12H,6,8-9H2,1H3/t11-,12?/m1/s1. The number of nitrogens with zero attached hydrogens (tertiary/aromatic N) is 5. The zero-order chi connectivity index (χ0) is 17.1. The van der Waals surface area contributed by atoms with Crippen molar-refractivity contribution < 1.29 is 9.18 Å². The maximum atomic E-state index is 13.1. The molecule has 126 valence electrons. The quantitative estimate of drug-likeness (QED) is 0.719. The predicted octanol–water partition coefficient (Wildman–Crippen LogP) is 2.26. The van der Waals surface area contributed by atoms with E-state index in [-0.39, 0.29) is 11.7 Å². The van der Waals surface area contributed by atoms with E-state index in [0.29, 0.717) is 34.6 Å². The Labute approximate surface area is 143 Å². The van der Waals surface area contributed by atoms with Crippen LogP contribution in [0.2, 0.25) is 0 Å². The Kier molecular flexibility index (Phi) is 2.95. The average Bonchev–Trinajstić information content (AvgIpc) is 3.09. The van der Waals surface area contributed by atoms with Crippen molar-refractivity contribution >= 4 is 17.2 Å². The van der Waals surface area contributed by atoms with Gasteiger partial charge < -0.3 is 9.47 Å². The molecule has 2 atom stereocenters. The van der Waals surface area contributed by atoms with Crippen LogP contribution in [0.1, 0.15) is 16.9 Å². The van der Waals surface area contributed by atoms with Gasteiger partial charge in [-0.2, -0.15) is 0 Å². The number of imidazole rings is 1. The topological polar surface area (TPSA) is 63.9 Å². The number of amides is 1. The Hall–Kier alpha value is -2.83. The summed E-state index contributed by atoms with van der Waals surface area (Å²) in [6.07, 6.45) is 2.74. The van der Waals surface area contributed by atoms with Crippen LogP contribution in [0.15, 0.2) is 30.5 Å². The van der Waals surface area contributed by atoms with Gasteiger partial charge in [0.2, 0.25) is 0 Å². The minimum absolute atomic E-state index is 0.0638. The fourth-order valence-electron chi connectivity index (χ4n) is 3.64. The van der Waals surface area contributed by atoms with Gasteiger partial charge in [-0.25, -0.2) is 19.3 Å². The SMILES string of the molecule is Cn1c(-c2ccc(F)cc2)nc2ncc(C(=O)N3CC4C[C@@H]4C3)nc21. The monoisotopic (exact) mass is 337 g/mol. The Bertz CT molecular complexity index is 987. The highest BCUT2D eigenvalue weighted by atomic mass is 19.1. The molecule has 6 nitrogen and oxygen atoms in total. The number of hydrogen-bond acceptors (Lipinski definition) is 4. The number of piperidine rings is 1. The van der Waals surface area contributed by atoms with Crippen LogP contribution >= 0.6 is 0 Å². The van der Waals surface area contributed by atoms with E-state index in [1.54, 1.807) is 16.7 Å². The van der Waals surface area contributed by atoms with Crippen LogP contribution in [-0.4, -0.2) is 43.4 Å². The molecule has 1 saturated carbocycles. The molecule has 5 rings (SSSR count). The lowest BCUT2D eigenvalue weighted by Gasteiger charge is -2.16. The fourth-order valence-corrected chi connectivity index (χ4v) is 3.64. The summed E-state index contributed by atoms with van der Waals surface area (Å²) in [7, 11) is 1.82. The molecule has 25 heavy (non-hydrogen) atoms. The fraction of sp³-hybridized carbons (Fsp3) is 0.333. The summed E-state index contributed by atoms with van der Waals surface area (Å²) in [4.78, 5) is 27.8. The first kappa shape index (κ1) is 14.5. The van der Waals surface area contributed by atoms with Crippen LogP contribution < -0.4 is 0 Å². The molecule has 2 aliphatic rings. The van der Waals surface area contributed by atoms with Gasteiger partial charge in [-0.05, 0) is 42.5 Å². The normalized spacial score (nSPS) is 21.6. The lowest BCUT2D eigenvalue weighted by Crippen LogP contribution is -2.31. The molecule has 1 unspecified atom stereocenters. The first-order chi connectivity index (χ1) is 12.1. The van der Waals surface area contributed by atoms with Crippen molar-refractivity contribution in [1.82, 2.24) is 24.4 Å². The van der Waals surface area contributed by atoms with E-state index < -0.39 is 0 Å². The number of aromatic nitrogens is 4. The highest BCUT2D eigenvalue weighted by molar-refractivity contribution is 5.93. The van der Waals surface area contributed by atoms with Crippen molar-refractivity contribution in [2.24, 2.45) is 18.9 Å². The van der Waals surface area contributed by atoms with Crippen molar-refractivity contribution in [3.8, 4) is 11.4 Å². The Morgan fingerprint density at radius 1 is 1.16 bits per heavy atom. The summed E-state index contributed by atoms with van der Waals surface area (Å²) in [6, 6.07) is 6.12. The first-order valence-electron chi connectivity index (χ1n) is 8.35. The number of benzene rings is 1. The second-order valence-corrected chi connectivity index (χ2v) is 6.87. The van der Waals surface area contributed by atoms with Gasteiger partial charge in [-0.1, -0.05) is 0 Å². The van der Waals surface area contributed by atoms with Crippen LogP contribution in [0.25, 0.3) is 22.7 Å². The lowest BCUT2D eigenvalue weighted by molar-refractivity contribution is 0.0769. The largest absolute Gasteiger partial charge is 0.337 e.